The first-order valence-electron chi connectivity index (χ1n) is 6.67. The molecule has 0 aliphatic rings. The second-order valence-electron chi connectivity index (χ2n) is 4.62. The summed E-state index contributed by atoms with van der Waals surface area (Å²) < 4.78 is 12.3. The molecule has 0 saturated carbocycles. The molecule has 0 bridgehead atoms. The second-order valence-corrected chi connectivity index (χ2v) is 4.62. The van der Waals surface area contributed by atoms with E-state index in [0.29, 0.717) is 23.7 Å². The van der Waals surface area contributed by atoms with E-state index in [0.717, 1.165) is 5.69 Å². The topological polar surface area (TPSA) is 112 Å². The Morgan fingerprint density at radius 3 is 3.09 bits per heavy atom. The Hall–Kier alpha value is -2.87. The fourth-order valence-corrected chi connectivity index (χ4v) is 1.95. The lowest BCUT2D eigenvalue weighted by Crippen LogP contribution is -2.06. The third-order valence-corrected chi connectivity index (χ3v) is 3.01. The third kappa shape index (κ3) is 3.23. The summed E-state index contributed by atoms with van der Waals surface area (Å²) in [5.74, 6) is 1.35. The van der Waals surface area contributed by atoms with Gasteiger partial charge in [-0.15, -0.1) is 5.10 Å². The molecule has 1 aromatic carbocycles. The van der Waals surface area contributed by atoms with Crippen molar-refractivity contribution in [1.82, 2.24) is 20.0 Å². The quantitative estimate of drug-likeness (QED) is 0.700. The van der Waals surface area contributed by atoms with Crippen LogP contribution in [-0.4, -0.2) is 25.1 Å². The molecule has 3 aromatic rings. The first-order valence-corrected chi connectivity index (χ1v) is 6.67. The molecular weight excluding hydrogens is 286 g/mol. The number of oxazole rings is 1. The molecule has 2 aromatic heterocycles. The fourth-order valence-electron chi connectivity index (χ4n) is 1.95. The number of phenols is 1. The number of aromatic hydroxyl groups is 1. The number of aromatic nitrogens is 4. The Kier molecular flexibility index (Phi) is 4.01. The van der Waals surface area contributed by atoms with Crippen LogP contribution in [0.15, 0.2) is 41.3 Å². The first kappa shape index (κ1) is 14.1. The van der Waals surface area contributed by atoms with E-state index in [2.05, 4.69) is 15.3 Å². The number of phenolic OH excluding ortho intramolecular Hbond substituents is 1. The minimum absolute atomic E-state index is 0.154. The monoisotopic (exact) mass is 301 g/mol. The number of ether oxygens (including phenoxy) is 1. The molecule has 0 radical (unpaired) electrons. The predicted molar refractivity (Wildman–Crippen MR) is 76.0 cm³/mol. The maximum Gasteiger partial charge on any atom is 0.181 e. The first-order chi connectivity index (χ1) is 10.7. The molecular formula is C14H15N5O3. The van der Waals surface area contributed by atoms with Crippen molar-refractivity contribution in [2.75, 3.05) is 0 Å². The minimum atomic E-state index is 0.154. The summed E-state index contributed by atoms with van der Waals surface area (Å²) in [6.07, 6.45) is 3.12. The third-order valence-electron chi connectivity index (χ3n) is 3.01. The molecule has 3 rings (SSSR count). The Balaban J connectivity index is 1.61. The zero-order valence-corrected chi connectivity index (χ0v) is 11.7. The lowest BCUT2D eigenvalue weighted by Gasteiger charge is -2.03. The molecule has 0 unspecified atom stereocenters. The number of nitrogens with zero attached hydrogens (tertiary/aromatic N) is 4. The maximum atomic E-state index is 9.37. The van der Waals surface area contributed by atoms with Crippen LogP contribution in [-0.2, 0) is 19.7 Å². The highest BCUT2D eigenvalue weighted by Gasteiger charge is 2.09. The highest BCUT2D eigenvalue weighted by Crippen LogP contribution is 2.18. The Bertz CT molecular complexity index is 752. The van der Waals surface area contributed by atoms with Gasteiger partial charge in [0.25, 0.3) is 0 Å². The van der Waals surface area contributed by atoms with Gasteiger partial charge >= 0.3 is 0 Å². The van der Waals surface area contributed by atoms with Crippen LogP contribution < -0.4 is 10.5 Å². The van der Waals surface area contributed by atoms with Gasteiger partial charge in [-0.1, -0.05) is 11.3 Å². The minimum Gasteiger partial charge on any atom is -0.508 e. The van der Waals surface area contributed by atoms with Gasteiger partial charge in [-0.05, 0) is 12.1 Å². The molecule has 0 amide bonds. The normalized spacial score (nSPS) is 10.8. The molecule has 3 N–H and O–H groups in total. The zero-order valence-electron chi connectivity index (χ0n) is 11.7. The van der Waals surface area contributed by atoms with Crippen molar-refractivity contribution >= 4 is 0 Å². The molecule has 0 aliphatic heterocycles. The van der Waals surface area contributed by atoms with Crippen molar-refractivity contribution in [1.29, 1.82) is 0 Å². The SMILES string of the molecule is NCc1ocnc1Cn1cc(COc2cccc(O)c2)nn1. The largest absolute Gasteiger partial charge is 0.508 e. The highest BCUT2D eigenvalue weighted by molar-refractivity contribution is 5.31. The van der Waals surface area contributed by atoms with E-state index in [-0.39, 0.29) is 18.9 Å². The molecule has 2 heterocycles. The van der Waals surface area contributed by atoms with Crippen molar-refractivity contribution in [2.24, 2.45) is 5.73 Å². The van der Waals surface area contributed by atoms with Crippen LogP contribution in [0, 0.1) is 0 Å². The van der Waals surface area contributed by atoms with Crippen LogP contribution in [0.25, 0.3) is 0 Å². The van der Waals surface area contributed by atoms with Crippen LogP contribution in [0.5, 0.6) is 11.5 Å². The van der Waals surface area contributed by atoms with Gasteiger partial charge in [0.2, 0.25) is 0 Å². The van der Waals surface area contributed by atoms with E-state index in [1.54, 1.807) is 29.1 Å². The Morgan fingerprint density at radius 2 is 2.27 bits per heavy atom. The number of rotatable bonds is 6. The number of nitrogens with two attached hydrogens (primary N) is 1. The summed E-state index contributed by atoms with van der Waals surface area (Å²) in [6, 6.07) is 6.58. The average molecular weight is 301 g/mol. The molecule has 0 atom stereocenters. The summed E-state index contributed by atoms with van der Waals surface area (Å²) in [5, 5.41) is 17.4. The molecule has 0 aliphatic carbocycles. The van der Waals surface area contributed by atoms with E-state index in [1.807, 2.05) is 0 Å². The van der Waals surface area contributed by atoms with Gasteiger partial charge in [0.15, 0.2) is 6.39 Å². The van der Waals surface area contributed by atoms with Gasteiger partial charge in [-0.3, -0.25) is 0 Å². The smallest absolute Gasteiger partial charge is 0.181 e. The van der Waals surface area contributed by atoms with E-state index in [9.17, 15) is 5.11 Å². The molecule has 22 heavy (non-hydrogen) atoms. The van der Waals surface area contributed by atoms with Gasteiger partial charge in [-0.25, -0.2) is 9.67 Å². The van der Waals surface area contributed by atoms with Crippen molar-refractivity contribution in [3.63, 3.8) is 0 Å². The number of hydrogen-bond acceptors (Lipinski definition) is 7. The summed E-state index contributed by atoms with van der Waals surface area (Å²) >= 11 is 0. The fraction of sp³-hybridized carbons (Fsp3) is 0.214. The molecule has 8 heteroatoms. The van der Waals surface area contributed by atoms with E-state index < -0.39 is 0 Å². The van der Waals surface area contributed by atoms with Gasteiger partial charge in [0.1, 0.15) is 35.3 Å². The molecule has 0 saturated heterocycles. The lowest BCUT2D eigenvalue weighted by atomic mass is 10.3. The summed E-state index contributed by atoms with van der Waals surface area (Å²) in [6.45, 7) is 0.978. The van der Waals surface area contributed by atoms with E-state index in [1.165, 1.54) is 12.5 Å². The van der Waals surface area contributed by atoms with Crippen LogP contribution in [0.1, 0.15) is 17.1 Å². The second kappa shape index (κ2) is 6.27. The molecule has 8 nitrogen and oxygen atoms in total. The van der Waals surface area contributed by atoms with Crippen molar-refractivity contribution < 1.29 is 14.3 Å². The van der Waals surface area contributed by atoms with Crippen LogP contribution >= 0.6 is 0 Å². The number of benzene rings is 1. The van der Waals surface area contributed by atoms with E-state index in [4.69, 9.17) is 14.9 Å². The number of hydrogen-bond donors (Lipinski definition) is 2. The van der Waals surface area contributed by atoms with Gasteiger partial charge in [0, 0.05) is 6.07 Å². The highest BCUT2D eigenvalue weighted by atomic mass is 16.5. The van der Waals surface area contributed by atoms with Crippen molar-refractivity contribution in [3.8, 4) is 11.5 Å². The Morgan fingerprint density at radius 1 is 1.36 bits per heavy atom. The van der Waals surface area contributed by atoms with Crippen LogP contribution in [0.4, 0.5) is 0 Å². The average Bonchev–Trinajstić information content (AvgIpc) is 3.15. The van der Waals surface area contributed by atoms with Gasteiger partial charge in [-0.2, -0.15) is 0 Å². The molecule has 0 fully saturated rings. The predicted octanol–water partition coefficient (Wildman–Crippen LogP) is 1.06. The summed E-state index contributed by atoms with van der Waals surface area (Å²) in [7, 11) is 0. The van der Waals surface area contributed by atoms with Crippen molar-refractivity contribution in [2.45, 2.75) is 19.7 Å². The van der Waals surface area contributed by atoms with Gasteiger partial charge < -0.3 is 20.0 Å². The summed E-state index contributed by atoms with van der Waals surface area (Å²) in [4.78, 5) is 4.10. The van der Waals surface area contributed by atoms with Crippen molar-refractivity contribution in [3.05, 3.63) is 54.0 Å². The van der Waals surface area contributed by atoms with Gasteiger partial charge in [0.05, 0.1) is 19.3 Å². The Labute approximate surface area is 126 Å². The molecule has 0 spiro atoms. The summed E-state index contributed by atoms with van der Waals surface area (Å²) in [5.41, 5.74) is 6.96. The van der Waals surface area contributed by atoms with Crippen LogP contribution in [0.3, 0.4) is 0 Å². The maximum absolute atomic E-state index is 9.37. The standard InChI is InChI=1S/C14H15N5O3/c15-5-14-13(16-9-22-14)7-19-6-10(17-18-19)8-21-12-3-1-2-11(20)4-12/h1-4,6,9,20H,5,7-8,15H2. The zero-order chi connectivity index (χ0) is 15.4. The van der Waals surface area contributed by atoms with Crippen LogP contribution in [0.2, 0.25) is 0 Å². The lowest BCUT2D eigenvalue weighted by molar-refractivity contribution is 0.299. The molecule has 114 valence electrons. The van der Waals surface area contributed by atoms with E-state index >= 15 is 0 Å².